The van der Waals surface area contributed by atoms with Gasteiger partial charge in [0.2, 0.25) is 0 Å². The Bertz CT molecular complexity index is 1130. The Kier molecular flexibility index (Phi) is 36.6. The molecule has 4 aliphatic heterocycles. The smallest absolute Gasteiger partial charge is 0.660 e. The Labute approximate surface area is 426 Å². The van der Waals surface area contributed by atoms with Gasteiger partial charge >= 0.3 is 39.0 Å². The fourth-order valence-electron chi connectivity index (χ4n) is 8.22. The van der Waals surface area contributed by atoms with Crippen LogP contribution < -0.4 is 42.5 Å². The van der Waals surface area contributed by atoms with Crippen molar-refractivity contribution in [3.05, 3.63) is 92.1 Å². The van der Waals surface area contributed by atoms with E-state index in [1.165, 1.54) is 22.3 Å². The molecule has 2 aromatic carbocycles. The van der Waals surface area contributed by atoms with E-state index in [4.69, 9.17) is 0 Å². The van der Waals surface area contributed by atoms with Crippen molar-refractivity contribution in [3.8, 4) is 0 Å². The van der Waals surface area contributed by atoms with Crippen molar-refractivity contribution in [2.45, 2.75) is 26.2 Å². The molecule has 0 amide bonds. The molecule has 66 heavy (non-hydrogen) atoms. The molecule has 2 aromatic rings. The number of hydrogen-bond acceptors (Lipinski definition) is 12. The molecular weight excluding hydrogens is 931 g/mol. The van der Waals surface area contributed by atoms with Gasteiger partial charge in [-0.2, -0.15) is 0 Å². The molecule has 0 spiro atoms. The van der Waals surface area contributed by atoms with Gasteiger partial charge in [0.05, 0.1) is 0 Å². The first-order chi connectivity index (χ1) is 31.8. The summed E-state index contributed by atoms with van der Waals surface area (Å²) in [6.45, 7) is 36.1. The molecule has 18 heteroatoms. The Hall–Kier alpha value is -0.953. The zero-order valence-corrected chi connectivity index (χ0v) is 47.0. The van der Waals surface area contributed by atoms with Gasteiger partial charge in [-0.1, -0.05) is 48.5 Å². The molecule has 0 atom stereocenters. The monoisotopic (exact) mass is 1020 g/mol. The van der Waals surface area contributed by atoms with Gasteiger partial charge in [0.1, 0.15) is 0 Å². The Morgan fingerprint density at radius 3 is 0.561 bits per heavy atom. The molecule has 16 nitrogen and oxygen atoms in total. The summed E-state index contributed by atoms with van der Waals surface area (Å²) in [6.07, 6.45) is 0. The summed E-state index contributed by atoms with van der Waals surface area (Å²) >= 11 is 0. The van der Waals surface area contributed by atoms with Crippen molar-refractivity contribution in [1.82, 2.24) is 62.1 Å². The van der Waals surface area contributed by atoms with E-state index in [-0.39, 0.29) is 39.0 Å². The van der Waals surface area contributed by atoms with E-state index in [1.54, 1.807) is 0 Å². The molecule has 0 bridgehead atoms. The van der Waals surface area contributed by atoms with Crippen molar-refractivity contribution < 1.29 is 39.0 Å². The quantitative estimate of drug-likeness (QED) is 0.176. The molecule has 0 aromatic heterocycles. The van der Waals surface area contributed by atoms with E-state index < -0.39 is 0 Å². The standard InChI is InChI=1S/2C24H44N8.2Zn/c2*1-2-24(22-32-19-15-29-11-7-26-8-12-30-16-20-32)4-3-23(1)21-31-17-13-27-9-5-25-6-10-28-14-18-31;;/h2*1-4,27-30H,5-22H2;;/q2*-2;2*+2. The molecule has 0 radical (unpaired) electrons. The second-order valence-electron chi connectivity index (χ2n) is 17.4. The summed E-state index contributed by atoms with van der Waals surface area (Å²) in [4.78, 5) is 10.2. The van der Waals surface area contributed by atoms with Crippen molar-refractivity contribution in [2.24, 2.45) is 0 Å². The van der Waals surface area contributed by atoms with Crippen LogP contribution in [0.25, 0.3) is 21.3 Å². The van der Waals surface area contributed by atoms with E-state index in [9.17, 15) is 0 Å². The second-order valence-corrected chi connectivity index (χ2v) is 17.4. The first kappa shape index (κ1) is 59.4. The predicted molar refractivity (Wildman–Crippen MR) is 269 cm³/mol. The van der Waals surface area contributed by atoms with Crippen molar-refractivity contribution in [3.63, 3.8) is 0 Å². The minimum Gasteiger partial charge on any atom is -0.660 e. The minimum absolute atomic E-state index is 0. The summed E-state index contributed by atoms with van der Waals surface area (Å²) in [5.41, 5.74) is 5.60. The predicted octanol–water partition coefficient (Wildman–Crippen LogP) is 0.842. The summed E-state index contributed by atoms with van der Waals surface area (Å²) in [7, 11) is 0. The zero-order chi connectivity index (χ0) is 44.2. The maximum Gasteiger partial charge on any atom is 2.00 e. The van der Waals surface area contributed by atoms with Gasteiger partial charge < -0.3 is 63.8 Å². The van der Waals surface area contributed by atoms with Crippen LogP contribution in [0.5, 0.6) is 0 Å². The summed E-state index contributed by atoms with van der Waals surface area (Å²) in [5.74, 6) is 0. The number of nitrogens with zero attached hydrogens (tertiary/aromatic N) is 8. The van der Waals surface area contributed by atoms with Crippen molar-refractivity contribution >= 4 is 0 Å². The van der Waals surface area contributed by atoms with Gasteiger partial charge in [0.25, 0.3) is 0 Å². The maximum atomic E-state index is 4.52. The fourth-order valence-corrected chi connectivity index (χ4v) is 8.22. The zero-order valence-electron chi connectivity index (χ0n) is 41.1. The molecule has 4 fully saturated rings. The van der Waals surface area contributed by atoms with Crippen LogP contribution in [0.2, 0.25) is 0 Å². The molecule has 0 aliphatic carbocycles. The van der Waals surface area contributed by atoms with Gasteiger partial charge in [0, 0.05) is 131 Å². The van der Waals surface area contributed by atoms with Crippen LogP contribution in [0.15, 0.2) is 48.5 Å². The molecule has 6 rings (SSSR count). The van der Waals surface area contributed by atoms with E-state index in [0.717, 1.165) is 236 Å². The first-order valence-corrected chi connectivity index (χ1v) is 25.0. The molecular formula is C48H88N16Zn2. The van der Waals surface area contributed by atoms with Crippen molar-refractivity contribution in [1.29, 1.82) is 0 Å². The molecule has 364 valence electrons. The number of rotatable bonds is 8. The largest absolute Gasteiger partial charge is 2.00 e. The second kappa shape index (κ2) is 40.7. The third-order valence-electron chi connectivity index (χ3n) is 12.1. The third-order valence-corrected chi connectivity index (χ3v) is 12.1. The summed E-state index contributed by atoms with van der Waals surface area (Å²) in [6, 6.07) is 18.6. The van der Waals surface area contributed by atoms with Gasteiger partial charge in [-0.25, -0.2) is 0 Å². The molecule has 0 unspecified atom stereocenters. The van der Waals surface area contributed by atoms with Gasteiger partial charge in [0.15, 0.2) is 0 Å². The average molecular weight is 1020 g/mol. The number of benzene rings is 2. The SMILES string of the molecule is [Zn+2].[Zn+2].c1cc(CN2CCNCC[N-]CCNCC2)ccc1CN1CCNCC[N-]CCNCC1.c1cc(CN2CCNCC[N-]CCNCC2)ccc1CN1CCNCC[N-]CCNCC1. The van der Waals surface area contributed by atoms with Gasteiger partial charge in [-0.15, -0.1) is 52.4 Å². The number of nitrogens with one attached hydrogen (secondary N) is 8. The molecule has 4 saturated heterocycles. The van der Waals surface area contributed by atoms with E-state index in [1.807, 2.05) is 0 Å². The fraction of sp³-hybridized carbons (Fsp3) is 0.750. The third kappa shape index (κ3) is 29.3. The van der Waals surface area contributed by atoms with E-state index in [2.05, 4.69) is 132 Å². The molecule has 0 saturated carbocycles. The summed E-state index contributed by atoms with van der Waals surface area (Å²) in [5, 5.41) is 46.2. The Morgan fingerprint density at radius 2 is 0.409 bits per heavy atom. The van der Waals surface area contributed by atoms with Crippen LogP contribution in [0.1, 0.15) is 22.3 Å². The van der Waals surface area contributed by atoms with Gasteiger partial charge in [-0.05, 0) is 74.6 Å². The Balaban J connectivity index is 0.000000340. The van der Waals surface area contributed by atoms with E-state index in [0.29, 0.717) is 0 Å². The first-order valence-electron chi connectivity index (χ1n) is 25.0. The normalized spacial score (nSPS) is 22.1. The van der Waals surface area contributed by atoms with Crippen LogP contribution in [0.4, 0.5) is 0 Å². The maximum absolute atomic E-state index is 4.52. The van der Waals surface area contributed by atoms with Crippen molar-refractivity contribution in [2.75, 3.05) is 209 Å². The molecule has 4 aliphatic rings. The van der Waals surface area contributed by atoms with Gasteiger partial charge in [-0.3, -0.25) is 19.6 Å². The van der Waals surface area contributed by atoms with E-state index >= 15 is 0 Å². The summed E-state index contributed by atoms with van der Waals surface area (Å²) < 4.78 is 0. The topological polar surface area (TPSA) is 166 Å². The number of hydrogen-bond donors (Lipinski definition) is 8. The molecule has 4 heterocycles. The Morgan fingerprint density at radius 1 is 0.258 bits per heavy atom. The minimum atomic E-state index is 0. The van der Waals surface area contributed by atoms with Crippen LogP contribution in [-0.4, -0.2) is 229 Å². The van der Waals surface area contributed by atoms with Crippen LogP contribution in [-0.2, 0) is 65.1 Å². The average Bonchev–Trinajstić information content (AvgIpc) is 3.29. The van der Waals surface area contributed by atoms with Crippen LogP contribution >= 0.6 is 0 Å². The molecule has 8 N–H and O–H groups in total. The van der Waals surface area contributed by atoms with Crippen LogP contribution in [0, 0.1) is 0 Å². The van der Waals surface area contributed by atoms with Crippen LogP contribution in [0.3, 0.4) is 0 Å².